The van der Waals surface area contributed by atoms with E-state index in [1.807, 2.05) is 28.2 Å². The van der Waals surface area contributed by atoms with Crippen molar-refractivity contribution in [2.24, 2.45) is 0 Å². The Morgan fingerprint density at radius 1 is 0.623 bits per heavy atom. The van der Waals surface area contributed by atoms with Gasteiger partial charge in [-0.25, -0.2) is 56.2 Å². The van der Waals surface area contributed by atoms with Crippen molar-refractivity contribution in [2.45, 2.75) is 49.6 Å². The lowest BCUT2D eigenvalue weighted by Crippen LogP contribution is -2.55. The van der Waals surface area contributed by atoms with E-state index < -0.39 is 65.4 Å². The van der Waals surface area contributed by atoms with Crippen LogP contribution >= 0.6 is 7.82 Å². The van der Waals surface area contributed by atoms with E-state index in [4.69, 9.17) is 19.2 Å². The van der Waals surface area contributed by atoms with Gasteiger partial charge in [0, 0.05) is 35.1 Å². The summed E-state index contributed by atoms with van der Waals surface area (Å²) in [7, 11) is 2.40. The van der Waals surface area contributed by atoms with Crippen molar-refractivity contribution in [2.75, 3.05) is 67.6 Å². The summed E-state index contributed by atoms with van der Waals surface area (Å²) in [6.45, 7) is 4.90. The molecule has 6 rings (SSSR count). The van der Waals surface area contributed by atoms with Gasteiger partial charge in [0.1, 0.15) is 74.3 Å². The summed E-state index contributed by atoms with van der Waals surface area (Å²) in [4.78, 5) is 47.9. The van der Waals surface area contributed by atoms with Crippen LogP contribution in [0, 0.1) is 34.9 Å². The Morgan fingerprint density at radius 2 is 0.971 bits per heavy atom. The second-order valence-electron chi connectivity index (χ2n) is 17.3. The number of hydrogen-bond acceptors (Lipinski definition) is 13. The second-order valence-corrected chi connectivity index (χ2v) is 18.2. The van der Waals surface area contributed by atoms with Gasteiger partial charge in [0.2, 0.25) is 0 Å². The Kier molecular flexibility index (Phi) is 21.8. The highest BCUT2D eigenvalue weighted by atomic mass is 31.2. The molecule has 4 heterocycles. The molecule has 0 amide bonds. The van der Waals surface area contributed by atoms with Crippen molar-refractivity contribution in [3.8, 4) is 0 Å². The number of nitrogens with zero attached hydrogens (tertiary/aromatic N) is 12. The maximum Gasteiger partial charge on any atom is 0.163 e. The molecule has 4 atom stereocenters. The third-order valence-electron chi connectivity index (χ3n) is 11.5. The first-order valence-electron chi connectivity index (χ1n) is 20.4. The first-order valence-corrected chi connectivity index (χ1v) is 21.9. The molecule has 7 N–H and O–H groups in total. The normalized spacial score (nSPS) is 14.3. The van der Waals surface area contributed by atoms with Crippen molar-refractivity contribution < 1.29 is 75.7 Å². The van der Waals surface area contributed by atoms with Crippen LogP contribution in [-0.2, 0) is 28.5 Å². The lowest BCUT2D eigenvalue weighted by molar-refractivity contribution is -0.895. The number of halogens is 6. The van der Waals surface area contributed by atoms with Crippen LogP contribution in [0.2, 0.25) is 0 Å². The van der Waals surface area contributed by atoms with Crippen molar-refractivity contribution in [1.82, 2.24) is 49.5 Å². The molecule has 0 unspecified atom stereocenters. The summed E-state index contributed by atoms with van der Waals surface area (Å²) in [6.07, 6.45) is 10.3. The number of likely N-dealkylation sites (N-methyl/N-ethyl adjacent to an activating group) is 2. The Labute approximate surface area is 393 Å². The van der Waals surface area contributed by atoms with Crippen LogP contribution in [-0.4, -0.2) is 152 Å². The molecule has 20 nitrogen and oxygen atoms in total. The van der Waals surface area contributed by atoms with Crippen LogP contribution in [0.4, 0.5) is 26.3 Å². The minimum atomic E-state index is -5.14. The van der Waals surface area contributed by atoms with E-state index in [0.29, 0.717) is 22.1 Å². The zero-order chi connectivity index (χ0) is 49.8. The Balaban J connectivity index is 0.000000420. The van der Waals surface area contributed by atoms with E-state index in [1.54, 1.807) is 13.8 Å². The molecule has 0 radical (unpaired) electrons. The third kappa shape index (κ3) is 16.2. The summed E-state index contributed by atoms with van der Waals surface area (Å²) < 4.78 is 99.9. The van der Waals surface area contributed by atoms with Crippen molar-refractivity contribution in [1.29, 1.82) is 0 Å². The molecule has 0 saturated heterocycles. The Morgan fingerprint density at radius 3 is 1.25 bits per heavy atom. The maximum absolute atomic E-state index is 15.2. The molecule has 4 aromatic heterocycles. The SMILES string of the molecule is C[C@H](c1ncncc1F)[C@](Cn1cncn1)(C[N+](C)(C)CCO)c1ccc(F)cc1F.C[C@H](c1ncncc1F)[C@](Cn1cncn1)(C[N+](C)(C)CCO)c1ccc(F)cc1F.O.O.O=P([O-])([O-])O. The van der Waals surface area contributed by atoms with E-state index >= 15 is 8.78 Å². The van der Waals surface area contributed by atoms with Crippen LogP contribution in [0.5, 0.6) is 0 Å². The molecule has 0 aliphatic rings. The summed E-state index contributed by atoms with van der Waals surface area (Å²) in [5.74, 6) is -5.45. The van der Waals surface area contributed by atoms with Gasteiger partial charge in [0.25, 0.3) is 0 Å². The van der Waals surface area contributed by atoms with Gasteiger partial charge in [0.05, 0.1) is 110 Å². The monoisotopic (exact) mass is 1000 g/mol. The molecule has 69 heavy (non-hydrogen) atoms. The highest BCUT2D eigenvalue weighted by Gasteiger charge is 2.49. The largest absolute Gasteiger partial charge is 0.790 e. The molecule has 0 spiro atoms. The number of benzene rings is 2. The number of aromatic nitrogens is 10. The summed E-state index contributed by atoms with van der Waals surface area (Å²) in [5, 5.41) is 27.5. The molecule has 0 saturated carbocycles. The molecule has 0 fully saturated rings. The second kappa shape index (κ2) is 25.3. The van der Waals surface area contributed by atoms with Gasteiger partial charge in [-0.05, 0) is 12.1 Å². The Bertz CT molecular complexity index is 2380. The van der Waals surface area contributed by atoms with Gasteiger partial charge in [-0.3, -0.25) is 9.36 Å². The number of aliphatic hydroxyl groups is 2. The molecule has 0 aliphatic heterocycles. The molecular weight excluding hydrogens is 946 g/mol. The third-order valence-corrected chi connectivity index (χ3v) is 11.5. The van der Waals surface area contributed by atoms with Gasteiger partial charge in [-0.2, -0.15) is 10.2 Å². The van der Waals surface area contributed by atoms with E-state index in [1.165, 1.54) is 71.6 Å². The van der Waals surface area contributed by atoms with Crippen molar-refractivity contribution in [3.63, 3.8) is 0 Å². The smallest absolute Gasteiger partial charge is 0.163 e. The maximum atomic E-state index is 15.2. The first-order chi connectivity index (χ1) is 31.4. The van der Waals surface area contributed by atoms with E-state index in [0.717, 1.165) is 24.5 Å². The summed E-state index contributed by atoms with van der Waals surface area (Å²) in [6, 6.07) is 6.78. The fourth-order valence-electron chi connectivity index (χ4n) is 8.48. The standard InChI is InChI=1S/2C21H26F3N6O.H3O4P.2H2O/c2*1-15(20-19(24)9-25-12-27-20)21(10-29-14-26-13-28-29,11-30(2,3)6-7-31)17-5-4-16(22)8-18(17)23;1-5(2,3)4;;/h2*4-5,8-9,12-15,31H,6-7,10-11H2,1-3H3;(H3,1,2,3,4);2*1H2/q2*+1;;;/p-2/t2*15-,21+;;;/m11.../s1. The number of quaternary nitrogens is 2. The molecule has 380 valence electrons. The van der Waals surface area contributed by atoms with Crippen LogP contribution in [0.15, 0.2) is 86.8 Å². The summed E-state index contributed by atoms with van der Waals surface area (Å²) in [5.41, 5.74) is -1.58. The first kappa shape index (κ1) is 59.5. The highest BCUT2D eigenvalue weighted by Crippen LogP contribution is 2.45. The van der Waals surface area contributed by atoms with E-state index in [9.17, 15) is 27.8 Å². The fraction of sp³-hybridized carbons (Fsp3) is 0.429. The van der Waals surface area contributed by atoms with E-state index in [2.05, 4.69) is 40.1 Å². The zero-order valence-electron chi connectivity index (χ0n) is 38.5. The van der Waals surface area contributed by atoms with Crippen LogP contribution < -0.4 is 9.79 Å². The lowest BCUT2D eigenvalue weighted by Gasteiger charge is -2.44. The molecule has 0 bridgehead atoms. The molecule has 2 aromatic carbocycles. The Hall–Kier alpha value is -5.67. The average molecular weight is 1000 g/mol. The van der Waals surface area contributed by atoms with Gasteiger partial charge in [-0.15, -0.1) is 0 Å². The fourth-order valence-corrected chi connectivity index (χ4v) is 8.48. The predicted molar refractivity (Wildman–Crippen MR) is 232 cm³/mol. The quantitative estimate of drug-likeness (QED) is 0.0609. The number of phosphoric acid groups is 1. The molecular formula is C42H57F6N12O8P. The average Bonchev–Trinajstić information content (AvgIpc) is 3.94. The van der Waals surface area contributed by atoms with Crippen LogP contribution in [0.3, 0.4) is 0 Å². The van der Waals surface area contributed by atoms with Gasteiger partial charge in [-0.1, -0.05) is 26.0 Å². The van der Waals surface area contributed by atoms with Crippen LogP contribution in [0.1, 0.15) is 48.2 Å². The minimum absolute atomic E-state index is 0. The van der Waals surface area contributed by atoms with Crippen molar-refractivity contribution >= 4 is 7.82 Å². The van der Waals surface area contributed by atoms with Gasteiger partial charge >= 0.3 is 0 Å². The number of aliphatic hydroxyl groups excluding tert-OH is 2. The van der Waals surface area contributed by atoms with Crippen LogP contribution in [0.25, 0.3) is 0 Å². The van der Waals surface area contributed by atoms with Gasteiger partial charge in [0.15, 0.2) is 11.6 Å². The van der Waals surface area contributed by atoms with Gasteiger partial charge < -0.3 is 49.4 Å². The van der Waals surface area contributed by atoms with E-state index in [-0.39, 0.29) is 72.9 Å². The van der Waals surface area contributed by atoms with Crippen molar-refractivity contribution in [3.05, 3.63) is 144 Å². The lowest BCUT2D eigenvalue weighted by atomic mass is 9.68. The molecule has 0 aliphatic carbocycles. The number of hydrogen-bond donors (Lipinski definition) is 3. The topological polar surface area (TPSA) is 300 Å². The molecule has 6 aromatic rings. The summed E-state index contributed by atoms with van der Waals surface area (Å²) >= 11 is 0. The zero-order valence-corrected chi connectivity index (χ0v) is 39.4. The minimum Gasteiger partial charge on any atom is -0.790 e. The highest BCUT2D eigenvalue weighted by molar-refractivity contribution is 7.42. The number of rotatable bonds is 18. The molecule has 27 heteroatoms. The predicted octanol–water partition coefficient (Wildman–Crippen LogP) is 0.750.